The number of nitrogens with zero attached hydrogens (tertiary/aromatic N) is 1. The molecule has 1 saturated heterocycles. The average Bonchev–Trinajstić information content (AvgIpc) is 2.37. The third-order valence-electron chi connectivity index (χ3n) is 3.24. The van der Waals surface area contributed by atoms with Gasteiger partial charge in [-0.1, -0.05) is 31.2 Å². The van der Waals surface area contributed by atoms with E-state index in [-0.39, 0.29) is 0 Å². The predicted octanol–water partition coefficient (Wildman–Crippen LogP) is 2.96. The van der Waals surface area contributed by atoms with Crippen LogP contribution in [0.5, 0.6) is 0 Å². The fourth-order valence-corrected chi connectivity index (χ4v) is 2.24. The van der Waals surface area contributed by atoms with Crippen LogP contribution in [0.1, 0.15) is 30.9 Å². The van der Waals surface area contributed by atoms with Gasteiger partial charge in [0, 0.05) is 6.04 Å². The minimum Gasteiger partial charge on any atom is -0.310 e. The van der Waals surface area contributed by atoms with Crippen LogP contribution in [0, 0.1) is 17.2 Å². The first-order chi connectivity index (χ1) is 8.28. The van der Waals surface area contributed by atoms with Crippen LogP contribution in [-0.4, -0.2) is 12.6 Å². The Hall–Kier alpha value is -1.59. The Bertz CT molecular complexity index is 442. The molecule has 2 atom stereocenters. The van der Waals surface area contributed by atoms with Crippen molar-refractivity contribution in [2.24, 2.45) is 5.92 Å². The summed E-state index contributed by atoms with van der Waals surface area (Å²) in [6.45, 7) is 3.41. The Morgan fingerprint density at radius 3 is 3.12 bits per heavy atom. The van der Waals surface area contributed by atoms with Gasteiger partial charge in [-0.25, -0.2) is 0 Å². The Balaban J connectivity index is 2.02. The number of benzene rings is 1. The second-order valence-corrected chi connectivity index (χ2v) is 4.79. The van der Waals surface area contributed by atoms with Crippen molar-refractivity contribution in [3.05, 3.63) is 41.5 Å². The van der Waals surface area contributed by atoms with Crippen molar-refractivity contribution < 1.29 is 0 Å². The molecule has 1 aromatic rings. The maximum atomic E-state index is 8.83. The zero-order valence-electron chi connectivity index (χ0n) is 10.2. The van der Waals surface area contributed by atoms with Gasteiger partial charge < -0.3 is 5.32 Å². The number of hydrogen-bond donors (Lipinski definition) is 1. The normalized spacial score (nSPS) is 24.7. The number of rotatable bonds is 2. The van der Waals surface area contributed by atoms with E-state index in [4.69, 9.17) is 5.26 Å². The topological polar surface area (TPSA) is 35.8 Å². The van der Waals surface area contributed by atoms with Gasteiger partial charge in [0.15, 0.2) is 0 Å². The SMILES string of the molecule is CC1CCNC(/C=C/c2cccc(C#N)c2)C1. The number of piperidine rings is 1. The van der Waals surface area contributed by atoms with Gasteiger partial charge >= 0.3 is 0 Å². The Kier molecular flexibility index (Phi) is 3.95. The van der Waals surface area contributed by atoms with E-state index in [1.54, 1.807) is 0 Å². The van der Waals surface area contributed by atoms with Crippen molar-refractivity contribution in [1.29, 1.82) is 5.26 Å². The van der Waals surface area contributed by atoms with E-state index in [0.717, 1.165) is 23.6 Å². The van der Waals surface area contributed by atoms with Crippen LogP contribution in [0.15, 0.2) is 30.3 Å². The molecule has 1 aliphatic heterocycles. The molecular formula is C15H18N2. The highest BCUT2D eigenvalue weighted by Gasteiger charge is 2.15. The second-order valence-electron chi connectivity index (χ2n) is 4.79. The highest BCUT2D eigenvalue weighted by atomic mass is 14.9. The summed E-state index contributed by atoms with van der Waals surface area (Å²) in [5.41, 5.74) is 1.82. The lowest BCUT2D eigenvalue weighted by Crippen LogP contribution is -2.35. The van der Waals surface area contributed by atoms with Crippen molar-refractivity contribution in [1.82, 2.24) is 5.32 Å². The molecule has 1 aliphatic rings. The van der Waals surface area contributed by atoms with Gasteiger partial charge in [-0.3, -0.25) is 0 Å². The van der Waals surface area contributed by atoms with Crippen LogP contribution in [-0.2, 0) is 0 Å². The molecule has 1 N–H and O–H groups in total. The molecule has 0 aromatic heterocycles. The Morgan fingerprint density at radius 2 is 2.35 bits per heavy atom. The summed E-state index contributed by atoms with van der Waals surface area (Å²) in [6.07, 6.45) is 6.80. The molecule has 1 heterocycles. The summed E-state index contributed by atoms with van der Waals surface area (Å²) in [5.74, 6) is 0.802. The molecule has 2 unspecified atom stereocenters. The first-order valence-electron chi connectivity index (χ1n) is 6.19. The maximum absolute atomic E-state index is 8.83. The highest BCUT2D eigenvalue weighted by Crippen LogP contribution is 2.16. The molecule has 2 nitrogen and oxygen atoms in total. The summed E-state index contributed by atoms with van der Waals surface area (Å²) in [5, 5.41) is 12.3. The van der Waals surface area contributed by atoms with Crippen molar-refractivity contribution in [2.45, 2.75) is 25.8 Å². The maximum Gasteiger partial charge on any atom is 0.0991 e. The molecule has 0 amide bonds. The van der Waals surface area contributed by atoms with Crippen LogP contribution < -0.4 is 5.32 Å². The number of nitriles is 1. The van der Waals surface area contributed by atoms with E-state index in [1.807, 2.05) is 24.3 Å². The average molecular weight is 226 g/mol. The smallest absolute Gasteiger partial charge is 0.0991 e. The molecule has 1 fully saturated rings. The molecule has 0 aliphatic carbocycles. The van der Waals surface area contributed by atoms with Crippen molar-refractivity contribution in [3.63, 3.8) is 0 Å². The lowest BCUT2D eigenvalue weighted by molar-refractivity contribution is 0.357. The van der Waals surface area contributed by atoms with E-state index in [1.165, 1.54) is 12.8 Å². The lowest BCUT2D eigenvalue weighted by atomic mass is 9.94. The third-order valence-corrected chi connectivity index (χ3v) is 3.24. The van der Waals surface area contributed by atoms with E-state index in [9.17, 15) is 0 Å². The van der Waals surface area contributed by atoms with E-state index in [0.29, 0.717) is 6.04 Å². The van der Waals surface area contributed by atoms with E-state index >= 15 is 0 Å². The van der Waals surface area contributed by atoms with Crippen LogP contribution >= 0.6 is 0 Å². The first kappa shape index (κ1) is 11.9. The summed E-state index contributed by atoms with van der Waals surface area (Å²) in [6, 6.07) is 10.3. The summed E-state index contributed by atoms with van der Waals surface area (Å²) >= 11 is 0. The van der Waals surface area contributed by atoms with Crippen LogP contribution in [0.25, 0.3) is 6.08 Å². The summed E-state index contributed by atoms with van der Waals surface area (Å²) < 4.78 is 0. The molecule has 0 bridgehead atoms. The molecule has 0 radical (unpaired) electrons. The molecule has 0 saturated carbocycles. The van der Waals surface area contributed by atoms with Crippen molar-refractivity contribution in [2.75, 3.05) is 6.54 Å². The van der Waals surface area contributed by atoms with Crippen molar-refractivity contribution >= 4 is 6.08 Å². The molecular weight excluding hydrogens is 208 g/mol. The summed E-state index contributed by atoms with van der Waals surface area (Å²) in [4.78, 5) is 0. The van der Waals surface area contributed by atoms with Gasteiger partial charge in [0.25, 0.3) is 0 Å². The fourth-order valence-electron chi connectivity index (χ4n) is 2.24. The Labute approximate surface area is 103 Å². The van der Waals surface area contributed by atoms with E-state index in [2.05, 4.69) is 30.5 Å². The molecule has 2 heteroatoms. The second kappa shape index (κ2) is 5.65. The van der Waals surface area contributed by atoms with Crippen LogP contribution in [0.3, 0.4) is 0 Å². The number of nitrogens with one attached hydrogen (secondary N) is 1. The van der Waals surface area contributed by atoms with Gasteiger partial charge in [0.05, 0.1) is 11.6 Å². The zero-order chi connectivity index (χ0) is 12.1. The highest BCUT2D eigenvalue weighted by molar-refractivity contribution is 5.52. The molecule has 2 rings (SSSR count). The number of hydrogen-bond acceptors (Lipinski definition) is 2. The quantitative estimate of drug-likeness (QED) is 0.841. The minimum atomic E-state index is 0.476. The van der Waals surface area contributed by atoms with Crippen molar-refractivity contribution in [3.8, 4) is 6.07 Å². The first-order valence-corrected chi connectivity index (χ1v) is 6.19. The van der Waals surface area contributed by atoms with E-state index < -0.39 is 0 Å². The largest absolute Gasteiger partial charge is 0.310 e. The minimum absolute atomic E-state index is 0.476. The standard InChI is InChI=1S/C15H18N2/c1-12-7-8-17-15(9-12)6-5-13-3-2-4-14(10-13)11-16/h2-6,10,12,15,17H,7-9H2,1H3/b6-5+. The predicted molar refractivity (Wildman–Crippen MR) is 70.4 cm³/mol. The molecule has 17 heavy (non-hydrogen) atoms. The molecule has 0 spiro atoms. The van der Waals surface area contributed by atoms with Crippen LogP contribution in [0.2, 0.25) is 0 Å². The van der Waals surface area contributed by atoms with Gasteiger partial charge in [0.2, 0.25) is 0 Å². The third kappa shape index (κ3) is 3.44. The van der Waals surface area contributed by atoms with Gasteiger partial charge in [-0.05, 0) is 43.0 Å². The summed E-state index contributed by atoms with van der Waals surface area (Å²) in [7, 11) is 0. The Morgan fingerprint density at radius 1 is 1.47 bits per heavy atom. The monoisotopic (exact) mass is 226 g/mol. The van der Waals surface area contributed by atoms with Gasteiger partial charge in [-0.15, -0.1) is 0 Å². The molecule has 1 aromatic carbocycles. The van der Waals surface area contributed by atoms with Crippen LogP contribution in [0.4, 0.5) is 0 Å². The zero-order valence-corrected chi connectivity index (χ0v) is 10.2. The van der Waals surface area contributed by atoms with Gasteiger partial charge in [-0.2, -0.15) is 5.26 Å². The molecule has 88 valence electrons. The van der Waals surface area contributed by atoms with Gasteiger partial charge in [0.1, 0.15) is 0 Å². The fraction of sp³-hybridized carbons (Fsp3) is 0.400. The lowest BCUT2D eigenvalue weighted by Gasteiger charge is -2.25.